The molecule has 1 atom stereocenters. The van der Waals surface area contributed by atoms with E-state index in [1.807, 2.05) is 64.1 Å². The highest BCUT2D eigenvalue weighted by Gasteiger charge is 2.39. The predicted molar refractivity (Wildman–Crippen MR) is 130 cm³/mol. The minimum absolute atomic E-state index is 0.0419. The Morgan fingerprint density at radius 2 is 1.77 bits per heavy atom. The van der Waals surface area contributed by atoms with Gasteiger partial charge < -0.3 is 5.32 Å². The first-order chi connectivity index (χ1) is 14.7. The quantitative estimate of drug-likeness (QED) is 0.646. The van der Waals surface area contributed by atoms with Crippen molar-refractivity contribution >= 4 is 40.1 Å². The summed E-state index contributed by atoms with van der Waals surface area (Å²) in [5.41, 5.74) is 5.92. The number of carbonyl (C=O) groups excluding carboxylic acids is 2. The van der Waals surface area contributed by atoms with Gasteiger partial charge in [-0.3, -0.25) is 14.5 Å². The second-order valence-electron chi connectivity index (χ2n) is 8.65. The zero-order chi connectivity index (χ0) is 22.7. The van der Waals surface area contributed by atoms with Crippen LogP contribution in [0.15, 0.2) is 41.4 Å². The molecule has 5 nitrogen and oxygen atoms in total. The Bertz CT molecular complexity index is 1010. The number of aliphatic imine (C=N–C) groups is 1. The third kappa shape index (κ3) is 5.56. The summed E-state index contributed by atoms with van der Waals surface area (Å²) < 4.78 is 0. The average molecular weight is 438 g/mol. The summed E-state index contributed by atoms with van der Waals surface area (Å²) in [7, 11) is 0. The molecule has 2 aromatic rings. The van der Waals surface area contributed by atoms with E-state index in [0.29, 0.717) is 17.6 Å². The molecule has 0 radical (unpaired) electrons. The molecule has 1 saturated heterocycles. The van der Waals surface area contributed by atoms with Crippen molar-refractivity contribution in [2.45, 2.75) is 53.2 Å². The van der Waals surface area contributed by atoms with Crippen LogP contribution in [0.5, 0.6) is 0 Å². The number of para-hydroxylation sites is 1. The van der Waals surface area contributed by atoms with Crippen LogP contribution >= 0.6 is 11.8 Å². The van der Waals surface area contributed by atoms with Gasteiger partial charge in [0.15, 0.2) is 5.17 Å². The number of carbonyl (C=O) groups is 2. The topological polar surface area (TPSA) is 61.8 Å². The number of nitrogens with zero attached hydrogens (tertiary/aromatic N) is 2. The summed E-state index contributed by atoms with van der Waals surface area (Å²) in [6.07, 6.45) is 0.122. The van der Waals surface area contributed by atoms with Crippen LogP contribution in [0, 0.1) is 33.6 Å². The zero-order valence-corrected chi connectivity index (χ0v) is 20.0. The molecule has 3 rings (SSSR count). The Morgan fingerprint density at radius 3 is 2.42 bits per heavy atom. The van der Waals surface area contributed by atoms with Crippen LogP contribution in [0.3, 0.4) is 0 Å². The number of hydrogen-bond donors (Lipinski definition) is 1. The number of amides is 2. The van der Waals surface area contributed by atoms with Gasteiger partial charge in [-0.1, -0.05) is 55.9 Å². The highest BCUT2D eigenvalue weighted by molar-refractivity contribution is 8.15. The Hall–Kier alpha value is -2.60. The van der Waals surface area contributed by atoms with E-state index in [9.17, 15) is 9.59 Å². The van der Waals surface area contributed by atoms with Gasteiger partial charge in [0.1, 0.15) is 5.25 Å². The first-order valence-electron chi connectivity index (χ1n) is 10.7. The highest BCUT2D eigenvalue weighted by Crippen LogP contribution is 2.34. The maximum atomic E-state index is 13.2. The molecule has 31 heavy (non-hydrogen) atoms. The lowest BCUT2D eigenvalue weighted by atomic mass is 10.1. The van der Waals surface area contributed by atoms with E-state index < -0.39 is 5.25 Å². The smallest absolute Gasteiger partial charge is 0.242 e. The Kier molecular flexibility index (Phi) is 7.21. The lowest BCUT2D eigenvalue weighted by Gasteiger charge is -2.19. The van der Waals surface area contributed by atoms with Gasteiger partial charge in [-0.2, -0.15) is 0 Å². The van der Waals surface area contributed by atoms with E-state index in [2.05, 4.69) is 19.2 Å². The van der Waals surface area contributed by atoms with Crippen molar-refractivity contribution in [1.29, 1.82) is 0 Å². The van der Waals surface area contributed by atoms with Crippen LogP contribution in [0.1, 0.15) is 42.5 Å². The largest absolute Gasteiger partial charge is 0.326 e. The molecule has 0 saturated carbocycles. The van der Waals surface area contributed by atoms with Gasteiger partial charge in [-0.05, 0) is 61.9 Å². The fourth-order valence-corrected chi connectivity index (χ4v) is 4.73. The van der Waals surface area contributed by atoms with Crippen LogP contribution in [-0.4, -0.2) is 33.7 Å². The number of nitrogens with one attached hydrogen (secondary N) is 1. The van der Waals surface area contributed by atoms with Crippen molar-refractivity contribution in [3.63, 3.8) is 0 Å². The molecule has 2 aromatic carbocycles. The van der Waals surface area contributed by atoms with Crippen LogP contribution < -0.4 is 5.32 Å². The van der Waals surface area contributed by atoms with Gasteiger partial charge in [0.25, 0.3) is 0 Å². The van der Waals surface area contributed by atoms with Gasteiger partial charge in [0, 0.05) is 18.7 Å². The summed E-state index contributed by atoms with van der Waals surface area (Å²) in [6.45, 7) is 12.7. The minimum Gasteiger partial charge on any atom is -0.326 e. The molecule has 0 bridgehead atoms. The SMILES string of the molecule is Cc1ccc(C)c(NC(=O)CC2SC(=Nc3c(C)cccc3C)N(CC(C)C)C2=O)c1. The standard InChI is InChI=1S/C25H31N3O2S/c1-15(2)14-28-24(30)21(13-22(29)26-20-12-16(3)10-11-17(20)4)31-25(28)27-23-18(5)8-7-9-19(23)6/h7-12,15,21H,13-14H2,1-6H3,(H,26,29). The third-order valence-corrected chi connectivity index (χ3v) is 6.43. The molecular formula is C25H31N3O2S. The third-order valence-electron chi connectivity index (χ3n) is 5.25. The highest BCUT2D eigenvalue weighted by atomic mass is 32.2. The van der Waals surface area contributed by atoms with Crippen LogP contribution in [-0.2, 0) is 9.59 Å². The molecular weight excluding hydrogens is 406 g/mol. The summed E-state index contributed by atoms with van der Waals surface area (Å²) in [4.78, 5) is 32.5. The molecule has 1 aliphatic rings. The summed E-state index contributed by atoms with van der Waals surface area (Å²) >= 11 is 1.39. The van der Waals surface area contributed by atoms with Gasteiger partial charge in [-0.25, -0.2) is 4.99 Å². The Labute approximate surface area is 189 Å². The number of thioether (sulfide) groups is 1. The number of benzene rings is 2. The number of anilines is 1. The summed E-state index contributed by atoms with van der Waals surface area (Å²) in [5, 5.41) is 3.19. The zero-order valence-electron chi connectivity index (χ0n) is 19.2. The van der Waals surface area contributed by atoms with Gasteiger partial charge in [0.05, 0.1) is 5.69 Å². The monoisotopic (exact) mass is 437 g/mol. The molecule has 6 heteroatoms. The average Bonchev–Trinajstić information content (AvgIpc) is 2.96. The van der Waals surface area contributed by atoms with Gasteiger partial charge >= 0.3 is 0 Å². The molecule has 1 aliphatic heterocycles. The van der Waals surface area contributed by atoms with E-state index in [1.165, 1.54) is 11.8 Å². The van der Waals surface area contributed by atoms with Gasteiger partial charge in [-0.15, -0.1) is 0 Å². The summed E-state index contributed by atoms with van der Waals surface area (Å²) in [6, 6.07) is 12.0. The molecule has 0 spiro atoms. The number of amidine groups is 1. The molecule has 1 fully saturated rings. The predicted octanol–water partition coefficient (Wildman–Crippen LogP) is 5.54. The van der Waals surface area contributed by atoms with Crippen molar-refractivity contribution in [2.75, 3.05) is 11.9 Å². The van der Waals surface area contributed by atoms with E-state index >= 15 is 0 Å². The maximum absolute atomic E-state index is 13.2. The molecule has 1 unspecified atom stereocenters. The molecule has 2 amide bonds. The van der Waals surface area contributed by atoms with Crippen LogP contribution in [0.4, 0.5) is 11.4 Å². The summed E-state index contributed by atoms with van der Waals surface area (Å²) in [5.74, 6) is 0.104. The van der Waals surface area contributed by atoms with Crippen molar-refractivity contribution < 1.29 is 9.59 Å². The lowest BCUT2D eigenvalue weighted by molar-refractivity contribution is -0.128. The fraction of sp³-hybridized carbons (Fsp3) is 0.400. The van der Waals surface area contributed by atoms with E-state index in [0.717, 1.165) is 33.6 Å². The minimum atomic E-state index is -0.466. The van der Waals surface area contributed by atoms with Crippen molar-refractivity contribution in [1.82, 2.24) is 4.90 Å². The van der Waals surface area contributed by atoms with E-state index in [-0.39, 0.29) is 18.2 Å². The van der Waals surface area contributed by atoms with Crippen molar-refractivity contribution in [3.05, 3.63) is 58.7 Å². The molecule has 164 valence electrons. The first-order valence-corrected chi connectivity index (χ1v) is 11.5. The Morgan fingerprint density at radius 1 is 1.10 bits per heavy atom. The number of aryl methyl sites for hydroxylation is 4. The molecule has 0 aliphatic carbocycles. The van der Waals surface area contributed by atoms with Crippen molar-refractivity contribution in [3.8, 4) is 0 Å². The Balaban J connectivity index is 1.82. The van der Waals surface area contributed by atoms with E-state index in [1.54, 1.807) is 4.90 Å². The van der Waals surface area contributed by atoms with Crippen LogP contribution in [0.2, 0.25) is 0 Å². The molecule has 1 N–H and O–H groups in total. The second-order valence-corrected chi connectivity index (χ2v) is 9.82. The number of rotatable bonds is 6. The first kappa shape index (κ1) is 23.1. The van der Waals surface area contributed by atoms with E-state index in [4.69, 9.17) is 4.99 Å². The maximum Gasteiger partial charge on any atom is 0.242 e. The molecule has 1 heterocycles. The normalized spacial score (nSPS) is 17.6. The van der Waals surface area contributed by atoms with Crippen LogP contribution in [0.25, 0.3) is 0 Å². The lowest BCUT2D eigenvalue weighted by Crippen LogP contribution is -2.36. The molecule has 0 aromatic heterocycles. The number of hydrogen-bond acceptors (Lipinski definition) is 4. The second kappa shape index (κ2) is 9.69. The fourth-order valence-electron chi connectivity index (χ4n) is 3.58. The van der Waals surface area contributed by atoms with Gasteiger partial charge in [0.2, 0.25) is 11.8 Å². The van der Waals surface area contributed by atoms with Crippen molar-refractivity contribution in [2.24, 2.45) is 10.9 Å².